The quantitative estimate of drug-likeness (QED) is 0.0707. The van der Waals surface area contributed by atoms with Gasteiger partial charge in [0, 0.05) is 18.6 Å². The maximum absolute atomic E-state index is 13.4. The van der Waals surface area contributed by atoms with Gasteiger partial charge in [0.25, 0.3) is 0 Å². The molecule has 0 saturated carbocycles. The molecule has 2 rings (SSSR count). The van der Waals surface area contributed by atoms with Crippen molar-refractivity contribution >= 4 is 58.3 Å². The molecule has 0 aliphatic rings. The Kier molecular flexibility index (Phi) is 20.1. The van der Waals surface area contributed by atoms with Crippen LogP contribution in [-0.4, -0.2) is 107 Å². The van der Waals surface area contributed by atoms with E-state index in [-0.39, 0.29) is 48.4 Å². The lowest BCUT2D eigenvalue weighted by Crippen LogP contribution is -2.56. The van der Waals surface area contributed by atoms with E-state index in [1.165, 1.54) is 26.0 Å². The second kappa shape index (κ2) is 24.1. The summed E-state index contributed by atoms with van der Waals surface area (Å²) in [6, 6.07) is 9.59. The van der Waals surface area contributed by atoms with Crippen LogP contribution in [0.5, 0.6) is 5.75 Å². The van der Waals surface area contributed by atoms with Crippen molar-refractivity contribution in [1.29, 1.82) is 0 Å². The Balaban J connectivity index is 1.97. The molecule has 306 valence electrons. The third-order valence-electron chi connectivity index (χ3n) is 8.15. The monoisotopic (exact) mass is 799 g/mol. The first kappa shape index (κ1) is 46.7. The molecule has 56 heavy (non-hydrogen) atoms. The number of amides is 6. The maximum Gasteiger partial charge on any atom is 0.306 e. The van der Waals surface area contributed by atoms with Gasteiger partial charge in [0.1, 0.15) is 23.9 Å². The topological polar surface area (TPSA) is 264 Å². The van der Waals surface area contributed by atoms with Gasteiger partial charge in [-0.05, 0) is 49.9 Å². The summed E-state index contributed by atoms with van der Waals surface area (Å²) < 4.78 is 4.83. The number of thioether (sulfide) groups is 1. The van der Waals surface area contributed by atoms with Gasteiger partial charge >= 0.3 is 5.97 Å². The molecule has 6 amide bonds. The van der Waals surface area contributed by atoms with Crippen LogP contribution in [0.25, 0.3) is 0 Å². The predicted octanol–water partition coefficient (Wildman–Crippen LogP) is -0.415. The minimum absolute atomic E-state index is 0.0197. The lowest BCUT2D eigenvalue weighted by molar-refractivity contribution is -0.142. The Morgan fingerprint density at radius 3 is 1.86 bits per heavy atom. The number of ether oxygens (including phenoxy) is 1. The normalized spacial score (nSPS) is 13.5. The van der Waals surface area contributed by atoms with E-state index in [2.05, 4.69) is 31.9 Å². The van der Waals surface area contributed by atoms with E-state index in [0.717, 1.165) is 11.8 Å². The van der Waals surface area contributed by atoms with E-state index in [4.69, 9.17) is 10.5 Å². The van der Waals surface area contributed by atoms with Gasteiger partial charge in [0.2, 0.25) is 40.6 Å². The van der Waals surface area contributed by atoms with Gasteiger partial charge in [0.15, 0.2) is 0 Å². The van der Waals surface area contributed by atoms with Crippen molar-refractivity contribution in [2.45, 2.75) is 84.1 Å². The second-order valence-corrected chi connectivity index (χ2v) is 14.3. The van der Waals surface area contributed by atoms with Gasteiger partial charge in [-0.15, -0.1) is 0 Å². The molecule has 5 atom stereocenters. The third kappa shape index (κ3) is 17.3. The van der Waals surface area contributed by atoms with Gasteiger partial charge < -0.3 is 47.5 Å². The average Bonchev–Trinajstić information content (AvgIpc) is 3.16. The standard InChI is InChI=1S/C38H53N7O10S/c1-6-55-32(49)16-17-56-38(54)24(5)43-34(50)23(4)42-36(52)29(18-25-10-8-7-9-11-25)44-31(48)21-40-30(47)20-41-35(51)28(45-37(53)33(39)22(2)3)19-26-12-14-27(46)15-13-26/h7-15,22-24,28-29,33,46H,6,16-21,39H2,1-5H3,(H,40,47)(H,41,51)(H,42,52)(H,43,50)(H,44,48)(H,45,53)/t23-,24-,28-,29-,33-/m0/s1. The van der Waals surface area contributed by atoms with E-state index < -0.39 is 84.7 Å². The first-order valence-electron chi connectivity index (χ1n) is 18.1. The molecule has 0 aromatic heterocycles. The molecule has 2 aromatic carbocycles. The molecular formula is C38H53N7O10S. The number of aromatic hydroxyl groups is 1. The molecule has 0 radical (unpaired) electrons. The summed E-state index contributed by atoms with van der Waals surface area (Å²) in [6.07, 6.45) is 0.106. The molecular weight excluding hydrogens is 747 g/mol. The van der Waals surface area contributed by atoms with Gasteiger partial charge in [-0.2, -0.15) is 0 Å². The molecule has 0 unspecified atom stereocenters. The van der Waals surface area contributed by atoms with E-state index in [1.54, 1.807) is 63.2 Å². The molecule has 18 heteroatoms. The fourth-order valence-corrected chi connectivity index (χ4v) is 5.63. The van der Waals surface area contributed by atoms with Crippen molar-refractivity contribution in [2.24, 2.45) is 11.7 Å². The number of carbonyl (C=O) groups is 8. The molecule has 0 aliphatic heterocycles. The minimum Gasteiger partial charge on any atom is -0.508 e. The fraction of sp³-hybridized carbons (Fsp3) is 0.474. The van der Waals surface area contributed by atoms with Crippen molar-refractivity contribution < 1.29 is 48.2 Å². The summed E-state index contributed by atoms with van der Waals surface area (Å²) in [5.41, 5.74) is 7.27. The van der Waals surface area contributed by atoms with Crippen LogP contribution in [-0.2, 0) is 55.9 Å². The van der Waals surface area contributed by atoms with Gasteiger partial charge in [-0.3, -0.25) is 38.4 Å². The van der Waals surface area contributed by atoms with Gasteiger partial charge in [0.05, 0.1) is 38.2 Å². The number of esters is 1. The molecule has 0 heterocycles. The van der Waals surface area contributed by atoms with Gasteiger partial charge in [-0.1, -0.05) is 68.1 Å². The summed E-state index contributed by atoms with van der Waals surface area (Å²) in [6.45, 7) is 7.18. The first-order valence-corrected chi connectivity index (χ1v) is 19.1. The Morgan fingerprint density at radius 2 is 1.25 bits per heavy atom. The minimum atomic E-state index is -1.17. The highest BCUT2D eigenvalue weighted by Crippen LogP contribution is 2.12. The number of nitrogens with one attached hydrogen (secondary N) is 6. The van der Waals surface area contributed by atoms with Crippen molar-refractivity contribution in [3.63, 3.8) is 0 Å². The Bertz CT molecular complexity index is 1660. The van der Waals surface area contributed by atoms with Crippen LogP contribution in [0.2, 0.25) is 0 Å². The van der Waals surface area contributed by atoms with E-state index in [9.17, 15) is 43.5 Å². The first-order chi connectivity index (χ1) is 26.5. The van der Waals surface area contributed by atoms with Crippen LogP contribution in [0, 0.1) is 5.92 Å². The molecule has 2 aromatic rings. The SMILES string of the molecule is CCOC(=O)CCSC(=O)[C@H](C)NC(=O)[C@H](C)NC(=O)[C@H](Cc1ccccc1)NC(=O)CNC(=O)CNC(=O)[C@H](Cc1ccc(O)cc1)NC(=O)[C@@H](N)C(C)C. The van der Waals surface area contributed by atoms with E-state index >= 15 is 0 Å². The number of phenols is 1. The van der Waals surface area contributed by atoms with Crippen molar-refractivity contribution in [1.82, 2.24) is 31.9 Å². The van der Waals surface area contributed by atoms with Crippen LogP contribution in [0.4, 0.5) is 0 Å². The molecule has 17 nitrogen and oxygen atoms in total. The van der Waals surface area contributed by atoms with E-state index in [1.807, 2.05) is 0 Å². The van der Waals surface area contributed by atoms with Crippen LogP contribution in [0.15, 0.2) is 54.6 Å². The number of benzene rings is 2. The van der Waals surface area contributed by atoms with E-state index in [0.29, 0.717) is 11.1 Å². The molecule has 9 N–H and O–H groups in total. The Hall–Kier alpha value is -5.49. The van der Waals surface area contributed by atoms with Crippen LogP contribution in [0.3, 0.4) is 0 Å². The van der Waals surface area contributed by atoms with Crippen LogP contribution < -0.4 is 37.6 Å². The van der Waals surface area contributed by atoms with Crippen LogP contribution in [0.1, 0.15) is 52.2 Å². The summed E-state index contributed by atoms with van der Waals surface area (Å²) in [5, 5.41) is 24.3. The average molecular weight is 800 g/mol. The summed E-state index contributed by atoms with van der Waals surface area (Å²) in [4.78, 5) is 102. The number of nitrogens with two attached hydrogens (primary N) is 1. The lowest BCUT2D eigenvalue weighted by atomic mass is 10.0. The maximum atomic E-state index is 13.4. The van der Waals surface area contributed by atoms with Crippen molar-refractivity contribution in [3.05, 3.63) is 65.7 Å². The van der Waals surface area contributed by atoms with Crippen LogP contribution >= 0.6 is 11.8 Å². The number of rotatable bonds is 22. The number of phenolic OH excluding ortho intramolecular Hbond substituents is 1. The highest BCUT2D eigenvalue weighted by Gasteiger charge is 2.28. The number of hydrogen-bond acceptors (Lipinski definition) is 12. The van der Waals surface area contributed by atoms with Gasteiger partial charge in [-0.25, -0.2) is 0 Å². The van der Waals surface area contributed by atoms with Crippen molar-refractivity contribution in [3.8, 4) is 5.75 Å². The molecule has 0 saturated heterocycles. The Morgan fingerprint density at radius 1 is 0.679 bits per heavy atom. The number of hydrogen-bond donors (Lipinski definition) is 8. The lowest BCUT2D eigenvalue weighted by Gasteiger charge is -2.23. The largest absolute Gasteiger partial charge is 0.508 e. The third-order valence-corrected chi connectivity index (χ3v) is 9.20. The molecule has 0 bridgehead atoms. The van der Waals surface area contributed by atoms with Crippen molar-refractivity contribution in [2.75, 3.05) is 25.4 Å². The molecule has 0 aliphatic carbocycles. The predicted molar refractivity (Wildman–Crippen MR) is 209 cm³/mol. The zero-order valence-corrected chi connectivity index (χ0v) is 33.0. The Labute approximate surface area is 330 Å². The molecule has 0 fully saturated rings. The summed E-state index contributed by atoms with van der Waals surface area (Å²) in [5.74, 6) is -4.54. The highest BCUT2D eigenvalue weighted by molar-refractivity contribution is 8.13. The molecule has 0 spiro atoms. The highest BCUT2D eigenvalue weighted by atomic mass is 32.2. The number of carbonyl (C=O) groups excluding carboxylic acids is 8. The second-order valence-electron chi connectivity index (χ2n) is 13.2. The zero-order chi connectivity index (χ0) is 41.8. The smallest absolute Gasteiger partial charge is 0.306 e. The zero-order valence-electron chi connectivity index (χ0n) is 32.2. The fourth-order valence-electron chi connectivity index (χ4n) is 4.85. The summed E-state index contributed by atoms with van der Waals surface area (Å²) >= 11 is 0.869. The summed E-state index contributed by atoms with van der Waals surface area (Å²) in [7, 11) is 0.